The minimum Gasteiger partial charge on any atom is -0.456 e. The van der Waals surface area contributed by atoms with Crippen LogP contribution in [0.15, 0.2) is 72.8 Å². The lowest BCUT2D eigenvalue weighted by Crippen LogP contribution is -2.41. The van der Waals surface area contributed by atoms with Crippen molar-refractivity contribution in [3.8, 4) is 0 Å². The number of esters is 1. The number of amides is 3. The van der Waals surface area contributed by atoms with Crippen LogP contribution in [0.25, 0.3) is 0 Å². The molecule has 210 valence electrons. The van der Waals surface area contributed by atoms with Crippen molar-refractivity contribution in [3.05, 3.63) is 101 Å². The first-order valence-electron chi connectivity index (χ1n) is 14.5. The van der Waals surface area contributed by atoms with Gasteiger partial charge < -0.3 is 10.1 Å². The van der Waals surface area contributed by atoms with Crippen LogP contribution in [-0.4, -0.2) is 41.7 Å². The quantitative estimate of drug-likeness (QED) is 0.213. The van der Waals surface area contributed by atoms with Gasteiger partial charge in [-0.25, -0.2) is 0 Å². The maximum atomic E-state index is 13.6. The van der Waals surface area contributed by atoms with Crippen LogP contribution in [0.1, 0.15) is 72.3 Å². The molecule has 1 fully saturated rings. The van der Waals surface area contributed by atoms with Gasteiger partial charge in [-0.15, -0.1) is 0 Å². The minimum absolute atomic E-state index is 0.0752. The zero-order chi connectivity index (χ0) is 28.5. The number of unbranched alkanes of at least 4 members (excludes halogenated alkanes) is 2. The van der Waals surface area contributed by atoms with E-state index in [2.05, 4.69) is 36.5 Å². The summed E-state index contributed by atoms with van der Waals surface area (Å²) >= 11 is 0. The highest BCUT2D eigenvalue weighted by Gasteiger charge is 2.61. The third-order valence-electron chi connectivity index (χ3n) is 8.81. The molecule has 3 aromatic carbocycles. The number of nitrogens with one attached hydrogen (secondary N) is 1. The van der Waals surface area contributed by atoms with Crippen LogP contribution < -0.4 is 5.32 Å². The molecule has 7 rings (SSSR count). The Bertz CT molecular complexity index is 1380. The molecule has 0 unspecified atom stereocenters. The lowest BCUT2D eigenvalue weighted by molar-refractivity contribution is -0.147. The second-order valence-electron chi connectivity index (χ2n) is 11.2. The van der Waals surface area contributed by atoms with Crippen LogP contribution in [0.3, 0.4) is 0 Å². The number of nitrogens with zero attached hydrogens (tertiary/aromatic N) is 1. The highest BCUT2D eigenvalue weighted by Crippen LogP contribution is 2.60. The van der Waals surface area contributed by atoms with E-state index in [1.54, 1.807) is 0 Å². The van der Waals surface area contributed by atoms with Crippen LogP contribution in [-0.2, 0) is 30.3 Å². The smallest absolute Gasteiger partial charge is 0.306 e. The van der Waals surface area contributed by atoms with E-state index in [-0.39, 0.29) is 54.4 Å². The molecule has 2 bridgehead atoms. The average Bonchev–Trinajstić information content (AvgIpc) is 3.25. The second kappa shape index (κ2) is 11.3. The van der Waals surface area contributed by atoms with Gasteiger partial charge in [0.1, 0.15) is 0 Å². The van der Waals surface area contributed by atoms with E-state index in [1.807, 2.05) is 48.5 Å². The van der Waals surface area contributed by atoms with Crippen LogP contribution in [0.4, 0.5) is 5.69 Å². The first-order chi connectivity index (χ1) is 20.0. The highest BCUT2D eigenvalue weighted by molar-refractivity contribution is 6.07. The van der Waals surface area contributed by atoms with Crippen molar-refractivity contribution in [2.75, 3.05) is 18.5 Å². The number of anilines is 1. The van der Waals surface area contributed by atoms with Crippen molar-refractivity contribution in [2.24, 2.45) is 11.8 Å². The van der Waals surface area contributed by atoms with Gasteiger partial charge in [0.05, 0.1) is 11.8 Å². The lowest BCUT2D eigenvalue weighted by Gasteiger charge is -2.45. The van der Waals surface area contributed by atoms with Gasteiger partial charge in [0, 0.05) is 30.5 Å². The summed E-state index contributed by atoms with van der Waals surface area (Å²) < 4.78 is 5.12. The molecule has 1 saturated heterocycles. The van der Waals surface area contributed by atoms with Gasteiger partial charge in [-0.2, -0.15) is 0 Å². The van der Waals surface area contributed by atoms with Crippen molar-refractivity contribution >= 4 is 29.4 Å². The average molecular weight is 551 g/mol. The number of carbonyl (C=O) groups excluding carboxylic acids is 4. The van der Waals surface area contributed by atoms with Gasteiger partial charge in [0.15, 0.2) is 6.61 Å². The van der Waals surface area contributed by atoms with Gasteiger partial charge in [0.25, 0.3) is 5.91 Å². The van der Waals surface area contributed by atoms with Crippen LogP contribution in [0.5, 0.6) is 0 Å². The molecule has 7 heteroatoms. The second-order valence-corrected chi connectivity index (χ2v) is 11.2. The number of rotatable bonds is 10. The number of aryl methyl sites for hydroxylation is 1. The Morgan fingerprint density at radius 3 is 1.80 bits per heavy atom. The van der Waals surface area contributed by atoms with E-state index in [1.165, 1.54) is 32.7 Å². The fraction of sp³-hybridized carbons (Fsp3) is 0.353. The first kappa shape index (κ1) is 26.9. The van der Waals surface area contributed by atoms with Crippen LogP contribution in [0, 0.1) is 11.8 Å². The van der Waals surface area contributed by atoms with Crippen LogP contribution in [0.2, 0.25) is 0 Å². The maximum Gasteiger partial charge on any atom is 0.306 e. The molecule has 0 radical (unpaired) electrons. The van der Waals surface area contributed by atoms with Crippen LogP contribution >= 0.6 is 0 Å². The van der Waals surface area contributed by atoms with E-state index < -0.39 is 5.97 Å². The first-order valence-corrected chi connectivity index (χ1v) is 14.5. The Morgan fingerprint density at radius 1 is 0.756 bits per heavy atom. The Balaban J connectivity index is 0.986. The summed E-state index contributed by atoms with van der Waals surface area (Å²) in [5.41, 5.74) is 6.51. The van der Waals surface area contributed by atoms with Gasteiger partial charge >= 0.3 is 5.97 Å². The molecule has 3 aliphatic carbocycles. The van der Waals surface area contributed by atoms with E-state index in [0.29, 0.717) is 31.5 Å². The topological polar surface area (TPSA) is 92.8 Å². The summed E-state index contributed by atoms with van der Waals surface area (Å²) in [5.74, 6) is -1.88. The van der Waals surface area contributed by atoms with E-state index >= 15 is 0 Å². The minimum atomic E-state index is -0.437. The largest absolute Gasteiger partial charge is 0.456 e. The summed E-state index contributed by atoms with van der Waals surface area (Å²) in [6, 6.07) is 24.0. The number of hydrogen-bond donors (Lipinski definition) is 1. The maximum absolute atomic E-state index is 13.6. The molecule has 3 amide bonds. The fourth-order valence-corrected chi connectivity index (χ4v) is 6.91. The third kappa shape index (κ3) is 4.94. The monoisotopic (exact) mass is 550 g/mol. The lowest BCUT2D eigenvalue weighted by atomic mass is 9.55. The van der Waals surface area contributed by atoms with E-state index in [0.717, 1.165) is 6.42 Å². The third-order valence-corrected chi connectivity index (χ3v) is 8.81. The van der Waals surface area contributed by atoms with E-state index in [9.17, 15) is 19.2 Å². The van der Waals surface area contributed by atoms with E-state index in [4.69, 9.17) is 4.74 Å². The van der Waals surface area contributed by atoms with Crippen molar-refractivity contribution in [2.45, 2.75) is 50.9 Å². The number of hydrogen-bond acceptors (Lipinski definition) is 5. The molecule has 41 heavy (non-hydrogen) atoms. The Morgan fingerprint density at radius 2 is 1.29 bits per heavy atom. The normalized spacial score (nSPS) is 21.7. The fourth-order valence-electron chi connectivity index (χ4n) is 6.91. The summed E-state index contributed by atoms with van der Waals surface area (Å²) in [4.78, 5) is 53.0. The molecule has 0 aromatic heterocycles. The molecule has 1 aliphatic heterocycles. The molecule has 0 saturated carbocycles. The Hall–Kier alpha value is -4.26. The molecular weight excluding hydrogens is 516 g/mol. The number of ether oxygens (including phenoxy) is 1. The standard InChI is InChI=1S/C34H34N2O5/c1-2-21-15-17-22(18-16-21)35-27(37)20-41-28(38)14-4-3-9-19-36-33(39)31-29-23-10-5-6-11-24(23)30(32(31)34(36)40)26-13-8-7-12-25(26)29/h5-8,10-13,15-18,29-32H,2-4,9,14,19-20H2,1H3,(H,35,37)/t29?,30?,31-,32-/m1/s1. The van der Waals surface area contributed by atoms with Gasteiger partial charge in [-0.05, 0) is 59.2 Å². The van der Waals surface area contributed by atoms with Crippen molar-refractivity contribution in [3.63, 3.8) is 0 Å². The molecule has 1 heterocycles. The van der Waals surface area contributed by atoms with Crippen molar-refractivity contribution in [1.82, 2.24) is 4.90 Å². The number of benzene rings is 3. The predicted octanol–water partition coefficient (Wildman–Crippen LogP) is 5.18. The van der Waals surface area contributed by atoms with Crippen molar-refractivity contribution < 1.29 is 23.9 Å². The number of likely N-dealkylation sites (tertiary alicyclic amines) is 1. The molecule has 2 atom stereocenters. The zero-order valence-corrected chi connectivity index (χ0v) is 23.2. The summed E-state index contributed by atoms with van der Waals surface area (Å²) in [7, 11) is 0. The van der Waals surface area contributed by atoms with Gasteiger partial charge in [0.2, 0.25) is 11.8 Å². The molecule has 7 nitrogen and oxygen atoms in total. The zero-order valence-electron chi connectivity index (χ0n) is 23.2. The predicted molar refractivity (Wildman–Crippen MR) is 154 cm³/mol. The van der Waals surface area contributed by atoms with Gasteiger partial charge in [-0.1, -0.05) is 74.0 Å². The van der Waals surface area contributed by atoms with Crippen molar-refractivity contribution in [1.29, 1.82) is 0 Å². The molecule has 3 aromatic rings. The summed E-state index contributed by atoms with van der Waals surface area (Å²) in [6.07, 6.45) is 2.95. The number of imide groups is 1. The SMILES string of the molecule is CCc1ccc(NC(=O)COC(=O)CCCCCN2C(=O)[C@@H]3C4c5ccccc5C(c5ccccc54)[C@H]3C2=O)cc1. The summed E-state index contributed by atoms with van der Waals surface area (Å²) in [6.45, 7) is 2.08. The Labute approximate surface area is 239 Å². The molecule has 4 aliphatic rings. The molecule has 1 N–H and O–H groups in total. The highest BCUT2D eigenvalue weighted by atomic mass is 16.5. The summed E-state index contributed by atoms with van der Waals surface area (Å²) in [5, 5.41) is 2.72. The number of carbonyl (C=O) groups is 4. The Kier molecular flexibility index (Phi) is 7.43. The molecule has 0 spiro atoms. The van der Waals surface area contributed by atoms with Gasteiger partial charge in [-0.3, -0.25) is 24.1 Å². The molecular formula is C34H34N2O5.